The highest BCUT2D eigenvalue weighted by molar-refractivity contribution is 9.10. The predicted octanol–water partition coefficient (Wildman–Crippen LogP) is 4.82. The van der Waals surface area contributed by atoms with Crippen LogP contribution in [0.3, 0.4) is 0 Å². The first kappa shape index (κ1) is 12.4. The summed E-state index contributed by atoms with van der Waals surface area (Å²) in [5.74, 6) is 0.947. The van der Waals surface area contributed by atoms with Gasteiger partial charge in [0, 0.05) is 15.6 Å². The van der Waals surface area contributed by atoms with E-state index in [-0.39, 0.29) is 0 Å². The summed E-state index contributed by atoms with van der Waals surface area (Å²) in [5, 5.41) is 8.69. The smallest absolute Gasteiger partial charge is 0.248 e. The van der Waals surface area contributed by atoms with E-state index in [2.05, 4.69) is 26.1 Å². The third-order valence-corrected chi connectivity index (χ3v) is 3.84. The van der Waals surface area contributed by atoms with Crippen molar-refractivity contribution in [1.82, 2.24) is 10.2 Å². The molecule has 0 radical (unpaired) electrons. The minimum absolute atomic E-state index is 0.452. The van der Waals surface area contributed by atoms with Gasteiger partial charge in [0.1, 0.15) is 0 Å². The minimum Gasteiger partial charge on any atom is -0.416 e. The summed E-state index contributed by atoms with van der Waals surface area (Å²) in [6.07, 6.45) is 0. The maximum Gasteiger partial charge on any atom is 0.248 e. The van der Waals surface area contributed by atoms with Crippen LogP contribution in [-0.2, 0) is 0 Å². The van der Waals surface area contributed by atoms with E-state index < -0.39 is 0 Å². The van der Waals surface area contributed by atoms with Gasteiger partial charge in [-0.05, 0) is 46.3 Å². The molecule has 2 aromatic carbocycles. The van der Waals surface area contributed by atoms with Crippen molar-refractivity contribution >= 4 is 27.5 Å². The lowest BCUT2D eigenvalue weighted by Crippen LogP contribution is -1.78. The van der Waals surface area contributed by atoms with E-state index in [1.807, 2.05) is 42.5 Å². The third-order valence-electron chi connectivity index (χ3n) is 2.61. The summed E-state index contributed by atoms with van der Waals surface area (Å²) in [7, 11) is 0. The SMILES string of the molecule is Clc1cc(-c2nnc(-c3ccccc3)o2)ccc1Br. The molecule has 0 unspecified atom stereocenters. The van der Waals surface area contributed by atoms with Crippen molar-refractivity contribution in [2.24, 2.45) is 0 Å². The molecule has 1 aromatic heterocycles. The van der Waals surface area contributed by atoms with E-state index in [1.165, 1.54) is 0 Å². The van der Waals surface area contributed by atoms with Crippen molar-refractivity contribution in [3.8, 4) is 22.9 Å². The molecule has 0 saturated heterocycles. The molecular formula is C14H8BrClN2O. The Morgan fingerprint density at radius 3 is 2.26 bits per heavy atom. The van der Waals surface area contributed by atoms with Crippen LogP contribution in [0.1, 0.15) is 0 Å². The molecule has 19 heavy (non-hydrogen) atoms. The van der Waals surface area contributed by atoms with Gasteiger partial charge in [-0.3, -0.25) is 0 Å². The zero-order valence-electron chi connectivity index (χ0n) is 9.68. The van der Waals surface area contributed by atoms with Gasteiger partial charge in [0.05, 0.1) is 5.02 Å². The molecule has 0 amide bonds. The Balaban J connectivity index is 1.99. The van der Waals surface area contributed by atoms with E-state index in [9.17, 15) is 0 Å². The highest BCUT2D eigenvalue weighted by Gasteiger charge is 2.11. The second-order valence-corrected chi connectivity index (χ2v) is 5.17. The van der Waals surface area contributed by atoms with E-state index in [0.717, 1.165) is 15.6 Å². The Labute approximate surface area is 123 Å². The fourth-order valence-electron chi connectivity index (χ4n) is 1.67. The van der Waals surface area contributed by atoms with Gasteiger partial charge in [0.2, 0.25) is 11.8 Å². The van der Waals surface area contributed by atoms with Gasteiger partial charge in [-0.15, -0.1) is 10.2 Å². The van der Waals surface area contributed by atoms with Crippen molar-refractivity contribution in [3.05, 3.63) is 58.0 Å². The van der Waals surface area contributed by atoms with Crippen molar-refractivity contribution in [1.29, 1.82) is 0 Å². The standard InChI is InChI=1S/C14H8BrClN2O/c15-11-7-6-10(8-12(11)16)14-18-17-13(19-14)9-4-2-1-3-5-9/h1-8H. The maximum atomic E-state index is 6.05. The lowest BCUT2D eigenvalue weighted by molar-refractivity contribution is 0.584. The molecule has 3 nitrogen and oxygen atoms in total. The molecule has 0 bridgehead atoms. The average molecular weight is 336 g/mol. The van der Waals surface area contributed by atoms with Crippen LogP contribution in [0.4, 0.5) is 0 Å². The molecule has 0 atom stereocenters. The maximum absolute atomic E-state index is 6.05. The third kappa shape index (κ3) is 2.55. The van der Waals surface area contributed by atoms with E-state index in [0.29, 0.717) is 16.8 Å². The summed E-state index contributed by atoms with van der Waals surface area (Å²) in [6.45, 7) is 0. The number of halogens is 2. The van der Waals surface area contributed by atoms with Crippen molar-refractivity contribution in [2.45, 2.75) is 0 Å². The average Bonchev–Trinajstić information content (AvgIpc) is 2.93. The van der Waals surface area contributed by atoms with Gasteiger partial charge in [0.15, 0.2) is 0 Å². The first-order valence-corrected chi connectivity index (χ1v) is 6.75. The normalized spacial score (nSPS) is 10.6. The van der Waals surface area contributed by atoms with Gasteiger partial charge in [-0.25, -0.2) is 0 Å². The van der Waals surface area contributed by atoms with Gasteiger partial charge < -0.3 is 4.42 Å². The summed E-state index contributed by atoms with van der Waals surface area (Å²) < 4.78 is 6.49. The monoisotopic (exact) mass is 334 g/mol. The second-order valence-electron chi connectivity index (χ2n) is 3.91. The van der Waals surface area contributed by atoms with E-state index in [4.69, 9.17) is 16.0 Å². The van der Waals surface area contributed by atoms with E-state index >= 15 is 0 Å². The highest BCUT2D eigenvalue weighted by atomic mass is 79.9. The molecule has 0 aliphatic carbocycles. The number of benzene rings is 2. The number of hydrogen-bond acceptors (Lipinski definition) is 3. The quantitative estimate of drug-likeness (QED) is 0.674. The van der Waals surface area contributed by atoms with Crippen LogP contribution in [0.25, 0.3) is 22.9 Å². The van der Waals surface area contributed by atoms with Crippen LogP contribution in [0, 0.1) is 0 Å². The summed E-state index contributed by atoms with van der Waals surface area (Å²) in [5.41, 5.74) is 1.69. The minimum atomic E-state index is 0.452. The lowest BCUT2D eigenvalue weighted by Gasteiger charge is -1.98. The topological polar surface area (TPSA) is 38.9 Å². The zero-order chi connectivity index (χ0) is 13.2. The molecule has 0 saturated carbocycles. The van der Waals surface area contributed by atoms with Crippen molar-refractivity contribution < 1.29 is 4.42 Å². The molecule has 94 valence electrons. The van der Waals surface area contributed by atoms with Crippen LogP contribution in [0.15, 0.2) is 57.4 Å². The predicted molar refractivity (Wildman–Crippen MR) is 77.9 cm³/mol. The Morgan fingerprint density at radius 1 is 0.895 bits per heavy atom. The van der Waals surface area contributed by atoms with Gasteiger partial charge in [-0.2, -0.15) is 0 Å². The fraction of sp³-hybridized carbons (Fsp3) is 0. The Kier molecular flexibility index (Phi) is 3.36. The van der Waals surface area contributed by atoms with Crippen LogP contribution in [0.5, 0.6) is 0 Å². The number of aromatic nitrogens is 2. The number of hydrogen-bond donors (Lipinski definition) is 0. The molecule has 0 aliphatic rings. The second kappa shape index (κ2) is 5.15. The zero-order valence-corrected chi connectivity index (χ0v) is 12.0. The Hall–Kier alpha value is -1.65. The molecule has 0 N–H and O–H groups in total. The molecule has 3 rings (SSSR count). The van der Waals surface area contributed by atoms with Crippen molar-refractivity contribution in [2.75, 3.05) is 0 Å². The Morgan fingerprint density at radius 2 is 1.58 bits per heavy atom. The molecule has 3 aromatic rings. The summed E-state index contributed by atoms with van der Waals surface area (Å²) >= 11 is 9.40. The lowest BCUT2D eigenvalue weighted by atomic mass is 10.2. The number of nitrogens with zero attached hydrogens (tertiary/aromatic N) is 2. The first-order chi connectivity index (χ1) is 9.24. The molecule has 1 heterocycles. The molecule has 0 fully saturated rings. The fourth-order valence-corrected chi connectivity index (χ4v) is 2.09. The Bertz CT molecular complexity index is 712. The van der Waals surface area contributed by atoms with Gasteiger partial charge in [-0.1, -0.05) is 29.8 Å². The number of rotatable bonds is 2. The highest BCUT2D eigenvalue weighted by Crippen LogP contribution is 2.29. The molecule has 5 heteroatoms. The molecule has 0 spiro atoms. The van der Waals surface area contributed by atoms with E-state index in [1.54, 1.807) is 6.07 Å². The van der Waals surface area contributed by atoms with Gasteiger partial charge in [0.25, 0.3) is 0 Å². The van der Waals surface area contributed by atoms with Crippen LogP contribution >= 0.6 is 27.5 Å². The first-order valence-electron chi connectivity index (χ1n) is 5.58. The van der Waals surface area contributed by atoms with Gasteiger partial charge >= 0.3 is 0 Å². The molecule has 0 aliphatic heterocycles. The summed E-state index contributed by atoms with van der Waals surface area (Å²) in [6, 6.07) is 15.1. The van der Waals surface area contributed by atoms with Crippen LogP contribution < -0.4 is 0 Å². The largest absolute Gasteiger partial charge is 0.416 e. The molecular weight excluding hydrogens is 328 g/mol. The van der Waals surface area contributed by atoms with Crippen LogP contribution in [0.2, 0.25) is 5.02 Å². The van der Waals surface area contributed by atoms with Crippen LogP contribution in [-0.4, -0.2) is 10.2 Å². The summed E-state index contributed by atoms with van der Waals surface area (Å²) in [4.78, 5) is 0. The van der Waals surface area contributed by atoms with Crippen molar-refractivity contribution in [3.63, 3.8) is 0 Å².